The zero-order valence-corrected chi connectivity index (χ0v) is 24.0. The number of hydrogen-bond donors (Lipinski definition) is 3. The normalized spacial score (nSPS) is 11.0. The molecule has 0 unspecified atom stereocenters. The van der Waals surface area contributed by atoms with E-state index < -0.39 is 15.6 Å². The fourth-order valence-corrected chi connectivity index (χ4v) is 6.36. The van der Waals surface area contributed by atoms with Crippen molar-refractivity contribution < 1.29 is 19.8 Å². The number of carboxylic acid groups (broad SMARTS) is 1. The molecule has 2 amide bonds. The topological polar surface area (TPSA) is 89.9 Å². The van der Waals surface area contributed by atoms with Gasteiger partial charge < -0.3 is 15.5 Å². The second-order valence-electron chi connectivity index (χ2n) is 9.84. The quantitative estimate of drug-likeness (QED) is 0.222. The standard InChI is InChI=1S/C34H30N2O4Si/c1-23-31(37)13-8-14-32(23)41-28-18-15-26(16-19-28)33(38)35-29-21-27(25-11-6-3-7-12-25)17-20-30(29)36(34(39)40)22-24-9-4-2-5-10-24/h2-21,37H,22,41H2,1H3,(H,35,38)(H,39,40). The van der Waals surface area contributed by atoms with Gasteiger partial charge in [-0.05, 0) is 59.5 Å². The monoisotopic (exact) mass is 558 g/mol. The number of aromatic hydroxyl groups is 1. The summed E-state index contributed by atoms with van der Waals surface area (Å²) in [6.07, 6.45) is -1.12. The molecule has 0 aliphatic heterocycles. The van der Waals surface area contributed by atoms with Gasteiger partial charge in [0.2, 0.25) is 0 Å². The Morgan fingerprint density at radius 1 is 0.780 bits per heavy atom. The highest BCUT2D eigenvalue weighted by Gasteiger charge is 2.21. The van der Waals surface area contributed by atoms with Crippen LogP contribution in [0.5, 0.6) is 5.75 Å². The molecule has 5 rings (SSSR count). The number of amides is 2. The second kappa shape index (κ2) is 12.4. The molecule has 0 saturated heterocycles. The van der Waals surface area contributed by atoms with Crippen LogP contribution in [0, 0.1) is 6.92 Å². The van der Waals surface area contributed by atoms with Crippen molar-refractivity contribution >= 4 is 43.3 Å². The molecule has 0 spiro atoms. The molecule has 7 heteroatoms. The van der Waals surface area contributed by atoms with Crippen LogP contribution in [0.3, 0.4) is 0 Å². The number of anilines is 2. The van der Waals surface area contributed by atoms with Crippen LogP contribution in [0.25, 0.3) is 11.1 Å². The average Bonchev–Trinajstić information content (AvgIpc) is 2.99. The minimum absolute atomic E-state index is 0.136. The molecule has 0 aliphatic rings. The lowest BCUT2D eigenvalue weighted by Gasteiger charge is -2.23. The Bertz CT molecular complexity index is 1670. The molecule has 0 saturated carbocycles. The molecule has 5 aromatic rings. The molecule has 0 aliphatic carbocycles. The zero-order chi connectivity index (χ0) is 28.8. The summed E-state index contributed by atoms with van der Waals surface area (Å²) in [4.78, 5) is 27.1. The van der Waals surface area contributed by atoms with Gasteiger partial charge in [0.1, 0.15) is 5.75 Å². The minimum atomic E-state index is -1.12. The van der Waals surface area contributed by atoms with Crippen molar-refractivity contribution in [2.24, 2.45) is 0 Å². The van der Waals surface area contributed by atoms with Gasteiger partial charge in [-0.1, -0.05) is 101 Å². The maximum atomic E-state index is 13.4. The van der Waals surface area contributed by atoms with Crippen molar-refractivity contribution in [3.63, 3.8) is 0 Å². The molecule has 0 bridgehead atoms. The van der Waals surface area contributed by atoms with Crippen LogP contribution in [0.15, 0.2) is 121 Å². The third-order valence-corrected chi connectivity index (χ3v) is 9.11. The van der Waals surface area contributed by atoms with Crippen molar-refractivity contribution in [3.8, 4) is 16.9 Å². The lowest BCUT2D eigenvalue weighted by molar-refractivity contribution is 0.102. The summed E-state index contributed by atoms with van der Waals surface area (Å²) in [7, 11) is -0.836. The highest BCUT2D eigenvalue weighted by Crippen LogP contribution is 2.33. The number of phenolic OH excluding ortho intramolecular Hbond substituents is 1. The van der Waals surface area contributed by atoms with E-state index in [0.717, 1.165) is 32.6 Å². The summed E-state index contributed by atoms with van der Waals surface area (Å²) in [5, 5.41) is 25.4. The lowest BCUT2D eigenvalue weighted by atomic mass is 10.0. The second-order valence-corrected chi connectivity index (χ2v) is 11.8. The lowest BCUT2D eigenvalue weighted by Crippen LogP contribution is -2.30. The van der Waals surface area contributed by atoms with Gasteiger partial charge in [-0.2, -0.15) is 0 Å². The van der Waals surface area contributed by atoms with Crippen LogP contribution >= 0.6 is 0 Å². The molecule has 0 radical (unpaired) electrons. The van der Waals surface area contributed by atoms with Crippen LogP contribution < -0.4 is 20.6 Å². The predicted octanol–water partition coefficient (Wildman–Crippen LogP) is 5.42. The maximum Gasteiger partial charge on any atom is 0.412 e. The fourth-order valence-electron chi connectivity index (χ4n) is 4.75. The van der Waals surface area contributed by atoms with E-state index in [9.17, 15) is 19.8 Å². The van der Waals surface area contributed by atoms with Gasteiger partial charge in [0.15, 0.2) is 0 Å². The van der Waals surface area contributed by atoms with Gasteiger partial charge in [-0.15, -0.1) is 0 Å². The van der Waals surface area contributed by atoms with Crippen molar-refractivity contribution in [2.45, 2.75) is 13.5 Å². The van der Waals surface area contributed by atoms with Crippen molar-refractivity contribution in [3.05, 3.63) is 138 Å². The van der Waals surface area contributed by atoms with E-state index in [1.165, 1.54) is 4.90 Å². The van der Waals surface area contributed by atoms with Crippen LogP contribution in [-0.4, -0.2) is 31.7 Å². The maximum absolute atomic E-state index is 13.4. The third kappa shape index (κ3) is 6.54. The number of carbonyl (C=O) groups is 2. The third-order valence-electron chi connectivity index (χ3n) is 7.09. The minimum Gasteiger partial charge on any atom is -0.508 e. The van der Waals surface area contributed by atoms with Crippen LogP contribution in [0.4, 0.5) is 16.2 Å². The molecule has 3 N–H and O–H groups in total. The van der Waals surface area contributed by atoms with Crippen molar-refractivity contribution in [1.29, 1.82) is 0 Å². The fraction of sp³-hybridized carbons (Fsp3) is 0.0588. The first-order valence-electron chi connectivity index (χ1n) is 13.3. The molecule has 0 heterocycles. The first-order chi connectivity index (χ1) is 19.9. The summed E-state index contributed by atoms with van der Waals surface area (Å²) in [6, 6.07) is 37.6. The number of benzene rings is 5. The molecule has 6 nitrogen and oxygen atoms in total. The summed E-state index contributed by atoms with van der Waals surface area (Å²) in [5.41, 5.74) is 4.80. The Labute approximate surface area is 241 Å². The number of hydrogen-bond acceptors (Lipinski definition) is 3. The van der Waals surface area contributed by atoms with Crippen LogP contribution in [-0.2, 0) is 6.54 Å². The van der Waals surface area contributed by atoms with Gasteiger partial charge in [-0.3, -0.25) is 9.69 Å². The summed E-state index contributed by atoms with van der Waals surface area (Å²) in [5.74, 6) is -0.0366. The number of rotatable bonds is 8. The van der Waals surface area contributed by atoms with Gasteiger partial charge in [0.05, 0.1) is 27.4 Å². The van der Waals surface area contributed by atoms with Gasteiger partial charge >= 0.3 is 6.09 Å². The molecule has 0 atom stereocenters. The highest BCUT2D eigenvalue weighted by atomic mass is 28.2. The summed E-state index contributed by atoms with van der Waals surface area (Å²) in [6.45, 7) is 2.05. The molecular formula is C34H30N2O4Si. The van der Waals surface area contributed by atoms with Crippen molar-refractivity contribution in [2.75, 3.05) is 10.2 Å². The van der Waals surface area contributed by atoms with E-state index in [4.69, 9.17) is 0 Å². The van der Waals surface area contributed by atoms with E-state index in [0.29, 0.717) is 22.7 Å². The van der Waals surface area contributed by atoms with Gasteiger partial charge in [0, 0.05) is 5.56 Å². The smallest absolute Gasteiger partial charge is 0.412 e. The van der Waals surface area contributed by atoms with E-state index >= 15 is 0 Å². The van der Waals surface area contributed by atoms with Gasteiger partial charge in [-0.25, -0.2) is 4.79 Å². The first-order valence-corrected chi connectivity index (χ1v) is 14.7. The SMILES string of the molecule is Cc1c(O)cccc1[SiH2]c1ccc(C(=O)Nc2cc(-c3ccccc3)ccc2N(Cc2ccccc2)C(=O)O)cc1. The summed E-state index contributed by atoms with van der Waals surface area (Å²) < 4.78 is 0. The van der Waals surface area contributed by atoms with E-state index in [1.54, 1.807) is 24.3 Å². The number of nitrogens with one attached hydrogen (secondary N) is 1. The molecule has 0 aromatic heterocycles. The first kappa shape index (κ1) is 27.4. The molecule has 5 aromatic carbocycles. The predicted molar refractivity (Wildman–Crippen MR) is 168 cm³/mol. The average molecular weight is 559 g/mol. The van der Waals surface area contributed by atoms with E-state index in [2.05, 4.69) is 5.32 Å². The van der Waals surface area contributed by atoms with E-state index in [1.807, 2.05) is 104 Å². The molecule has 0 fully saturated rings. The van der Waals surface area contributed by atoms with Crippen LogP contribution in [0.1, 0.15) is 21.5 Å². The Morgan fingerprint density at radius 2 is 1.46 bits per heavy atom. The number of phenols is 1. The number of carbonyl (C=O) groups excluding carboxylic acids is 1. The zero-order valence-electron chi connectivity index (χ0n) is 22.6. The van der Waals surface area contributed by atoms with Gasteiger partial charge in [0.25, 0.3) is 5.91 Å². The Kier molecular flexibility index (Phi) is 8.27. The highest BCUT2D eigenvalue weighted by molar-refractivity contribution is 6.67. The molecular weight excluding hydrogens is 528 g/mol. The molecule has 204 valence electrons. The number of nitrogens with zero attached hydrogens (tertiary/aromatic N) is 1. The van der Waals surface area contributed by atoms with Crippen molar-refractivity contribution in [1.82, 2.24) is 0 Å². The summed E-state index contributed by atoms with van der Waals surface area (Å²) >= 11 is 0. The Morgan fingerprint density at radius 3 is 2.15 bits per heavy atom. The van der Waals surface area contributed by atoms with Crippen LogP contribution in [0.2, 0.25) is 0 Å². The molecule has 41 heavy (non-hydrogen) atoms. The largest absolute Gasteiger partial charge is 0.508 e. The van der Waals surface area contributed by atoms with E-state index in [-0.39, 0.29) is 12.5 Å². The Balaban J connectivity index is 1.44. The Hall–Kier alpha value is -5.14.